The molecule has 0 atom stereocenters. The maximum Gasteiger partial charge on any atom is 0.251 e. The van der Waals surface area contributed by atoms with Crippen LogP contribution in [-0.4, -0.2) is 16.6 Å². The van der Waals surface area contributed by atoms with E-state index in [2.05, 4.69) is 4.98 Å². The molecule has 0 aliphatic carbocycles. The normalized spacial score (nSPS) is 9.88. The molecule has 4 nitrogen and oxygen atoms in total. The SMILES string of the molecule is Nc1cccc(C(=O)C(=O)c2ccccc2)n1. The fourth-order valence-corrected chi connectivity index (χ4v) is 1.41. The number of rotatable bonds is 3. The van der Waals surface area contributed by atoms with E-state index in [9.17, 15) is 9.59 Å². The highest BCUT2D eigenvalue weighted by atomic mass is 16.2. The fourth-order valence-electron chi connectivity index (χ4n) is 1.41. The van der Waals surface area contributed by atoms with Crippen LogP contribution in [0.1, 0.15) is 20.8 Å². The first kappa shape index (κ1) is 11.0. The third kappa shape index (κ3) is 2.36. The van der Waals surface area contributed by atoms with Crippen molar-refractivity contribution in [2.24, 2.45) is 0 Å². The summed E-state index contributed by atoms with van der Waals surface area (Å²) in [7, 11) is 0. The highest BCUT2D eigenvalue weighted by Crippen LogP contribution is 2.07. The molecule has 0 aliphatic rings. The molecule has 2 N–H and O–H groups in total. The molecule has 0 saturated carbocycles. The minimum absolute atomic E-state index is 0.0684. The molecule has 0 bridgehead atoms. The van der Waals surface area contributed by atoms with Crippen LogP contribution in [0.15, 0.2) is 48.5 Å². The van der Waals surface area contributed by atoms with Gasteiger partial charge in [-0.3, -0.25) is 9.59 Å². The van der Waals surface area contributed by atoms with E-state index in [1.807, 2.05) is 0 Å². The van der Waals surface area contributed by atoms with Crippen molar-refractivity contribution >= 4 is 17.4 Å². The molecule has 2 rings (SSSR count). The van der Waals surface area contributed by atoms with Crippen molar-refractivity contribution in [1.29, 1.82) is 0 Å². The number of hydrogen-bond donors (Lipinski definition) is 1. The van der Waals surface area contributed by atoms with Gasteiger partial charge in [-0.1, -0.05) is 36.4 Å². The lowest BCUT2D eigenvalue weighted by atomic mass is 10.1. The maximum atomic E-state index is 11.8. The highest BCUT2D eigenvalue weighted by Gasteiger charge is 2.19. The first-order valence-corrected chi connectivity index (χ1v) is 5.05. The number of nitrogen functional groups attached to an aromatic ring is 1. The van der Waals surface area contributed by atoms with Crippen molar-refractivity contribution < 1.29 is 9.59 Å². The molecule has 0 fully saturated rings. The summed E-state index contributed by atoms with van der Waals surface area (Å²) in [5.41, 5.74) is 5.88. The van der Waals surface area contributed by atoms with Crippen molar-refractivity contribution in [3.05, 3.63) is 59.8 Å². The zero-order valence-corrected chi connectivity index (χ0v) is 8.96. The molecule has 0 radical (unpaired) electrons. The number of hydrogen-bond acceptors (Lipinski definition) is 4. The fraction of sp³-hybridized carbons (Fsp3) is 0. The summed E-state index contributed by atoms with van der Waals surface area (Å²) in [6, 6.07) is 13.0. The van der Waals surface area contributed by atoms with Gasteiger partial charge in [0.25, 0.3) is 5.78 Å². The summed E-state index contributed by atoms with van der Waals surface area (Å²) < 4.78 is 0. The number of benzene rings is 1. The van der Waals surface area contributed by atoms with Crippen LogP contribution in [0.2, 0.25) is 0 Å². The molecule has 4 heteroatoms. The second-order valence-corrected chi connectivity index (χ2v) is 3.47. The summed E-state index contributed by atoms with van der Waals surface area (Å²) in [4.78, 5) is 27.5. The Morgan fingerprint density at radius 3 is 2.24 bits per heavy atom. The Labute approximate surface area is 98.1 Å². The second kappa shape index (κ2) is 4.57. The Kier molecular flexibility index (Phi) is 2.96. The van der Waals surface area contributed by atoms with E-state index in [0.29, 0.717) is 5.56 Å². The van der Waals surface area contributed by atoms with Crippen LogP contribution in [-0.2, 0) is 0 Å². The Morgan fingerprint density at radius 2 is 1.59 bits per heavy atom. The van der Waals surface area contributed by atoms with Crippen molar-refractivity contribution in [3.63, 3.8) is 0 Å². The first-order chi connectivity index (χ1) is 8.18. The predicted molar refractivity (Wildman–Crippen MR) is 63.8 cm³/mol. The number of nitrogens with zero attached hydrogens (tertiary/aromatic N) is 1. The topological polar surface area (TPSA) is 73.1 Å². The van der Waals surface area contributed by atoms with Crippen LogP contribution < -0.4 is 5.73 Å². The molecule has 1 heterocycles. The summed E-state index contributed by atoms with van der Waals surface area (Å²) in [5, 5.41) is 0. The average molecular weight is 226 g/mol. The molecule has 84 valence electrons. The molecule has 0 spiro atoms. The van der Waals surface area contributed by atoms with Crippen molar-refractivity contribution in [2.45, 2.75) is 0 Å². The standard InChI is InChI=1S/C13H10N2O2/c14-11-8-4-7-10(15-11)13(17)12(16)9-5-2-1-3-6-9/h1-8H,(H2,14,15). The Bertz CT molecular complexity index is 565. The molecule has 1 aromatic heterocycles. The van der Waals surface area contributed by atoms with Gasteiger partial charge in [-0.25, -0.2) is 4.98 Å². The lowest BCUT2D eigenvalue weighted by molar-refractivity contribution is 0.0814. The average Bonchev–Trinajstić information content (AvgIpc) is 2.38. The van der Waals surface area contributed by atoms with Crippen molar-refractivity contribution in [1.82, 2.24) is 4.98 Å². The van der Waals surface area contributed by atoms with E-state index in [-0.39, 0.29) is 11.5 Å². The van der Waals surface area contributed by atoms with E-state index in [0.717, 1.165) is 0 Å². The molecular formula is C13H10N2O2. The van der Waals surface area contributed by atoms with Gasteiger partial charge in [0, 0.05) is 5.56 Å². The lowest BCUT2D eigenvalue weighted by Gasteiger charge is -2.00. The van der Waals surface area contributed by atoms with E-state index >= 15 is 0 Å². The van der Waals surface area contributed by atoms with Crippen LogP contribution in [0.5, 0.6) is 0 Å². The molecule has 0 amide bonds. The van der Waals surface area contributed by atoms with Gasteiger partial charge in [-0.2, -0.15) is 0 Å². The predicted octanol–water partition coefficient (Wildman–Crippen LogP) is 1.73. The number of aromatic nitrogens is 1. The number of Topliss-reactive ketones (excluding diaryl/α,β-unsaturated/α-hetero) is 2. The van der Waals surface area contributed by atoms with Crippen LogP contribution in [0.4, 0.5) is 5.82 Å². The summed E-state index contributed by atoms with van der Waals surface area (Å²) >= 11 is 0. The van der Waals surface area contributed by atoms with Gasteiger partial charge in [0.05, 0.1) is 0 Å². The van der Waals surface area contributed by atoms with Crippen molar-refractivity contribution in [3.8, 4) is 0 Å². The van der Waals surface area contributed by atoms with Gasteiger partial charge in [0.2, 0.25) is 5.78 Å². The smallest absolute Gasteiger partial charge is 0.251 e. The van der Waals surface area contributed by atoms with Crippen LogP contribution >= 0.6 is 0 Å². The Balaban J connectivity index is 2.30. The number of carbonyl (C=O) groups excluding carboxylic acids is 2. The van der Waals surface area contributed by atoms with Gasteiger partial charge < -0.3 is 5.73 Å². The zero-order valence-electron chi connectivity index (χ0n) is 8.96. The van der Waals surface area contributed by atoms with E-state index in [1.54, 1.807) is 42.5 Å². The minimum atomic E-state index is -0.650. The van der Waals surface area contributed by atoms with Gasteiger partial charge >= 0.3 is 0 Å². The third-order valence-corrected chi connectivity index (χ3v) is 2.25. The van der Waals surface area contributed by atoms with E-state index < -0.39 is 11.6 Å². The summed E-state index contributed by atoms with van der Waals surface area (Å²) in [6.45, 7) is 0. The Hall–Kier alpha value is -2.49. The van der Waals surface area contributed by atoms with Crippen LogP contribution in [0.25, 0.3) is 0 Å². The lowest BCUT2D eigenvalue weighted by Crippen LogP contribution is -2.16. The van der Waals surface area contributed by atoms with Gasteiger partial charge in [0.1, 0.15) is 11.5 Å². The van der Waals surface area contributed by atoms with Crippen molar-refractivity contribution in [2.75, 3.05) is 5.73 Å². The monoisotopic (exact) mass is 226 g/mol. The molecule has 0 aliphatic heterocycles. The molecule has 2 aromatic rings. The van der Waals surface area contributed by atoms with Crippen LogP contribution in [0, 0.1) is 0 Å². The maximum absolute atomic E-state index is 11.8. The first-order valence-electron chi connectivity index (χ1n) is 5.05. The molecule has 0 unspecified atom stereocenters. The van der Waals surface area contributed by atoms with Crippen LogP contribution in [0.3, 0.4) is 0 Å². The second-order valence-electron chi connectivity index (χ2n) is 3.47. The van der Waals surface area contributed by atoms with E-state index in [4.69, 9.17) is 5.73 Å². The Morgan fingerprint density at radius 1 is 0.882 bits per heavy atom. The largest absolute Gasteiger partial charge is 0.384 e. The number of pyridine rings is 1. The van der Waals surface area contributed by atoms with E-state index in [1.165, 1.54) is 6.07 Å². The molecule has 1 aromatic carbocycles. The minimum Gasteiger partial charge on any atom is -0.384 e. The van der Waals surface area contributed by atoms with Gasteiger partial charge in [0.15, 0.2) is 0 Å². The molecule has 0 saturated heterocycles. The zero-order chi connectivity index (χ0) is 12.3. The molecular weight excluding hydrogens is 216 g/mol. The van der Waals surface area contributed by atoms with Gasteiger partial charge in [-0.05, 0) is 12.1 Å². The number of ketones is 2. The number of anilines is 1. The molecule has 17 heavy (non-hydrogen) atoms. The quantitative estimate of drug-likeness (QED) is 0.639. The summed E-state index contributed by atoms with van der Waals surface area (Å²) in [6.07, 6.45) is 0. The number of nitrogens with two attached hydrogens (primary N) is 1. The number of carbonyl (C=O) groups is 2. The highest BCUT2D eigenvalue weighted by molar-refractivity contribution is 6.48. The third-order valence-electron chi connectivity index (χ3n) is 2.25. The summed E-state index contributed by atoms with van der Waals surface area (Å²) in [5.74, 6) is -1.01. The van der Waals surface area contributed by atoms with Gasteiger partial charge in [-0.15, -0.1) is 0 Å².